The molecule has 1 aromatic heterocycles. The number of aliphatic carboxylic acids is 1. The van der Waals surface area contributed by atoms with Crippen LogP contribution in [-0.4, -0.2) is 28.2 Å². The molecule has 0 radical (unpaired) electrons. The molecule has 1 aromatic rings. The highest BCUT2D eigenvalue weighted by atomic mass is 16.5. The Morgan fingerprint density at radius 1 is 1.50 bits per heavy atom. The molecule has 6 nitrogen and oxygen atoms in total. The van der Waals surface area contributed by atoms with Crippen LogP contribution in [0.1, 0.15) is 43.4 Å². The van der Waals surface area contributed by atoms with Crippen LogP contribution in [-0.2, 0) is 4.79 Å². The molecule has 100 valence electrons. The molecule has 1 unspecified atom stereocenters. The van der Waals surface area contributed by atoms with E-state index >= 15 is 0 Å². The van der Waals surface area contributed by atoms with Crippen molar-refractivity contribution in [1.29, 1.82) is 0 Å². The van der Waals surface area contributed by atoms with Crippen LogP contribution in [0.3, 0.4) is 0 Å². The molecule has 0 aliphatic carbocycles. The van der Waals surface area contributed by atoms with Crippen LogP contribution in [0.2, 0.25) is 0 Å². The van der Waals surface area contributed by atoms with Crippen molar-refractivity contribution in [2.24, 2.45) is 5.41 Å². The first kappa shape index (κ1) is 14.2. The fourth-order valence-corrected chi connectivity index (χ4v) is 1.52. The van der Waals surface area contributed by atoms with Gasteiger partial charge in [-0.15, -0.1) is 0 Å². The van der Waals surface area contributed by atoms with E-state index in [2.05, 4.69) is 10.5 Å². The summed E-state index contributed by atoms with van der Waals surface area (Å²) in [6.45, 7) is 7.40. The van der Waals surface area contributed by atoms with Crippen LogP contribution in [0.4, 0.5) is 0 Å². The molecule has 0 aliphatic rings. The van der Waals surface area contributed by atoms with Gasteiger partial charge in [0.25, 0.3) is 5.91 Å². The Balaban J connectivity index is 2.73. The summed E-state index contributed by atoms with van der Waals surface area (Å²) in [6.07, 6.45) is 0.338. The molecule has 0 saturated heterocycles. The van der Waals surface area contributed by atoms with Crippen molar-refractivity contribution in [3.8, 4) is 0 Å². The summed E-state index contributed by atoms with van der Waals surface area (Å²) < 4.78 is 4.77. The molecule has 1 heterocycles. The number of carboxylic acid groups (broad SMARTS) is 1. The molecule has 0 aromatic carbocycles. The predicted octanol–water partition coefficient (Wildman–Crippen LogP) is 1.60. The second-order valence-electron chi connectivity index (χ2n) is 5.45. The number of nitrogens with zero attached hydrogens (tertiary/aromatic N) is 1. The van der Waals surface area contributed by atoms with E-state index in [1.807, 2.05) is 20.8 Å². The molecule has 0 aliphatic heterocycles. The minimum absolute atomic E-state index is 0.0904. The summed E-state index contributed by atoms with van der Waals surface area (Å²) in [5.41, 5.74) is -0.108. The van der Waals surface area contributed by atoms with Gasteiger partial charge in [0, 0.05) is 6.07 Å². The molecule has 1 rings (SSSR count). The van der Waals surface area contributed by atoms with Crippen LogP contribution in [0.25, 0.3) is 0 Å². The number of amides is 1. The number of carboxylic acids is 1. The molecule has 6 heteroatoms. The van der Waals surface area contributed by atoms with Gasteiger partial charge in [-0.05, 0) is 18.8 Å². The molecular weight excluding hydrogens is 236 g/mol. The number of aromatic nitrogens is 1. The number of carbonyl (C=O) groups is 2. The van der Waals surface area contributed by atoms with Gasteiger partial charge in [-0.1, -0.05) is 25.9 Å². The quantitative estimate of drug-likeness (QED) is 0.851. The highest BCUT2D eigenvalue weighted by Gasteiger charge is 2.27. The molecule has 2 N–H and O–H groups in total. The smallest absolute Gasteiger partial charge is 0.326 e. The summed E-state index contributed by atoms with van der Waals surface area (Å²) >= 11 is 0. The summed E-state index contributed by atoms with van der Waals surface area (Å²) in [6, 6.07) is 0.528. The molecule has 1 atom stereocenters. The normalized spacial score (nSPS) is 13.1. The van der Waals surface area contributed by atoms with Gasteiger partial charge in [0.1, 0.15) is 11.8 Å². The number of nitrogens with one attached hydrogen (secondary N) is 1. The van der Waals surface area contributed by atoms with Gasteiger partial charge in [0.15, 0.2) is 5.69 Å². The molecule has 0 bridgehead atoms. The number of aryl methyl sites for hydroxylation is 1. The van der Waals surface area contributed by atoms with Gasteiger partial charge < -0.3 is 14.9 Å². The maximum atomic E-state index is 11.8. The SMILES string of the molecule is Cc1cc(C(=O)NC(CC(C)(C)C)C(=O)O)no1. The Hall–Kier alpha value is -1.85. The minimum atomic E-state index is -1.06. The van der Waals surface area contributed by atoms with Crippen molar-refractivity contribution in [1.82, 2.24) is 10.5 Å². The lowest BCUT2D eigenvalue weighted by Gasteiger charge is -2.23. The standard InChI is InChI=1S/C12H18N2O4/c1-7-5-8(14-18-7)10(15)13-9(11(16)17)6-12(2,3)4/h5,9H,6H2,1-4H3,(H,13,15)(H,16,17). The molecule has 0 fully saturated rings. The lowest BCUT2D eigenvalue weighted by Crippen LogP contribution is -2.43. The van der Waals surface area contributed by atoms with Crippen molar-refractivity contribution in [3.05, 3.63) is 17.5 Å². The second-order valence-corrected chi connectivity index (χ2v) is 5.45. The number of hydrogen-bond acceptors (Lipinski definition) is 4. The first-order valence-electron chi connectivity index (χ1n) is 5.66. The van der Waals surface area contributed by atoms with E-state index < -0.39 is 17.9 Å². The van der Waals surface area contributed by atoms with Crippen molar-refractivity contribution >= 4 is 11.9 Å². The van der Waals surface area contributed by atoms with Gasteiger partial charge in [0.05, 0.1) is 0 Å². The fraction of sp³-hybridized carbons (Fsp3) is 0.583. The van der Waals surface area contributed by atoms with E-state index in [9.17, 15) is 9.59 Å². The summed E-state index contributed by atoms with van der Waals surface area (Å²) in [4.78, 5) is 22.9. The lowest BCUT2D eigenvalue weighted by atomic mass is 9.88. The maximum Gasteiger partial charge on any atom is 0.326 e. The van der Waals surface area contributed by atoms with Gasteiger partial charge >= 0.3 is 5.97 Å². The van der Waals surface area contributed by atoms with E-state index in [4.69, 9.17) is 9.63 Å². The van der Waals surface area contributed by atoms with E-state index in [1.54, 1.807) is 6.92 Å². The third-order valence-electron chi connectivity index (χ3n) is 2.28. The zero-order valence-electron chi connectivity index (χ0n) is 11.0. The average Bonchev–Trinajstić information content (AvgIpc) is 2.61. The molecule has 18 heavy (non-hydrogen) atoms. The molecule has 1 amide bonds. The summed E-state index contributed by atoms with van der Waals surface area (Å²) in [7, 11) is 0. The van der Waals surface area contributed by atoms with Crippen molar-refractivity contribution in [2.75, 3.05) is 0 Å². The lowest BCUT2D eigenvalue weighted by molar-refractivity contribution is -0.140. The van der Waals surface area contributed by atoms with Crippen molar-refractivity contribution in [2.45, 2.75) is 40.2 Å². The zero-order valence-corrected chi connectivity index (χ0v) is 11.0. The van der Waals surface area contributed by atoms with Crippen LogP contribution in [0.15, 0.2) is 10.6 Å². The number of hydrogen-bond donors (Lipinski definition) is 2. The van der Waals surface area contributed by atoms with E-state index in [0.29, 0.717) is 12.2 Å². The highest BCUT2D eigenvalue weighted by Crippen LogP contribution is 2.21. The Kier molecular flexibility index (Phi) is 4.11. The van der Waals surface area contributed by atoms with Crippen molar-refractivity contribution in [3.63, 3.8) is 0 Å². The topological polar surface area (TPSA) is 92.4 Å². The van der Waals surface area contributed by atoms with Gasteiger partial charge in [-0.25, -0.2) is 4.79 Å². The minimum Gasteiger partial charge on any atom is -0.480 e. The van der Waals surface area contributed by atoms with Gasteiger partial charge in [-0.2, -0.15) is 0 Å². The van der Waals surface area contributed by atoms with E-state index in [-0.39, 0.29) is 11.1 Å². The zero-order chi connectivity index (χ0) is 13.9. The van der Waals surface area contributed by atoms with Crippen molar-refractivity contribution < 1.29 is 19.2 Å². The maximum absolute atomic E-state index is 11.8. The van der Waals surface area contributed by atoms with Gasteiger partial charge in [0.2, 0.25) is 0 Å². The Bertz CT molecular complexity index is 445. The number of rotatable bonds is 4. The fourth-order valence-electron chi connectivity index (χ4n) is 1.52. The first-order chi connectivity index (χ1) is 8.19. The summed E-state index contributed by atoms with van der Waals surface area (Å²) in [5, 5.41) is 15.1. The van der Waals surface area contributed by atoms with E-state index in [0.717, 1.165) is 0 Å². The first-order valence-corrected chi connectivity index (χ1v) is 5.66. The molecule has 0 spiro atoms. The second kappa shape index (κ2) is 5.20. The van der Waals surface area contributed by atoms with Gasteiger partial charge in [-0.3, -0.25) is 4.79 Å². The highest BCUT2D eigenvalue weighted by molar-refractivity contribution is 5.94. The molecular formula is C12H18N2O4. The van der Waals surface area contributed by atoms with Crippen LogP contribution in [0, 0.1) is 12.3 Å². The molecule has 0 saturated carbocycles. The van der Waals surface area contributed by atoms with Crippen LogP contribution >= 0.6 is 0 Å². The third-order valence-corrected chi connectivity index (χ3v) is 2.28. The largest absolute Gasteiger partial charge is 0.480 e. The Labute approximate surface area is 105 Å². The summed E-state index contributed by atoms with van der Waals surface area (Å²) in [5.74, 6) is -1.09. The third kappa shape index (κ3) is 4.20. The van der Waals surface area contributed by atoms with Crippen LogP contribution in [0.5, 0.6) is 0 Å². The van der Waals surface area contributed by atoms with E-state index in [1.165, 1.54) is 6.07 Å². The predicted molar refractivity (Wildman–Crippen MR) is 64.2 cm³/mol. The van der Waals surface area contributed by atoms with Crippen LogP contribution < -0.4 is 5.32 Å². The number of carbonyl (C=O) groups excluding carboxylic acids is 1. The monoisotopic (exact) mass is 254 g/mol. The Morgan fingerprint density at radius 3 is 2.50 bits per heavy atom. The average molecular weight is 254 g/mol. The Morgan fingerprint density at radius 2 is 2.11 bits per heavy atom.